The molecule has 0 saturated heterocycles. The number of hydrogen-bond acceptors (Lipinski definition) is 4. The van der Waals surface area contributed by atoms with Crippen LogP contribution in [0.25, 0.3) is 0 Å². The van der Waals surface area contributed by atoms with E-state index in [1.807, 2.05) is 13.8 Å². The Labute approximate surface area is 214 Å². The number of aliphatic hydroxyl groups is 2. The van der Waals surface area contributed by atoms with Gasteiger partial charge in [0.2, 0.25) is 0 Å². The largest absolute Gasteiger partial charge is 0.390 e. The van der Waals surface area contributed by atoms with Crippen LogP contribution < -0.4 is 0 Å². The molecular weight excluding hydrogens is 436 g/mol. The minimum atomic E-state index is -0.919. The van der Waals surface area contributed by atoms with E-state index in [0.29, 0.717) is 23.2 Å². The first-order valence-corrected chi connectivity index (χ1v) is 14.3. The van der Waals surface area contributed by atoms with Crippen LogP contribution in [0.5, 0.6) is 0 Å². The van der Waals surface area contributed by atoms with Crippen LogP contribution in [0.4, 0.5) is 0 Å². The molecule has 0 bridgehead atoms. The number of carbonyl (C=O) groups is 1. The molecule has 0 unspecified atom stereocenters. The maximum absolute atomic E-state index is 13.6. The maximum Gasteiger partial charge on any atom is 0.187 e. The second kappa shape index (κ2) is 8.95. The molecule has 4 heteroatoms. The lowest BCUT2D eigenvalue weighted by atomic mass is 9.41. The lowest BCUT2D eigenvalue weighted by Crippen LogP contribution is -2.58. The lowest BCUT2D eigenvalue weighted by molar-refractivity contribution is -0.147. The van der Waals surface area contributed by atoms with Crippen molar-refractivity contribution in [3.63, 3.8) is 0 Å². The monoisotopic (exact) mass is 488 g/mol. The third-order valence-corrected chi connectivity index (χ3v) is 11.1. The van der Waals surface area contributed by atoms with Gasteiger partial charge in [0, 0.05) is 5.57 Å². The third-order valence-electron chi connectivity index (χ3n) is 11.1. The molecule has 4 nitrogen and oxygen atoms in total. The van der Waals surface area contributed by atoms with Gasteiger partial charge in [-0.15, -0.1) is 0 Å². The summed E-state index contributed by atoms with van der Waals surface area (Å²) in [6.07, 6.45) is 11.7. The van der Waals surface area contributed by atoms with E-state index in [4.69, 9.17) is 4.74 Å². The first-order chi connectivity index (χ1) is 16.0. The molecule has 0 aromatic heterocycles. The van der Waals surface area contributed by atoms with Crippen LogP contribution in [-0.2, 0) is 9.53 Å². The Morgan fingerprint density at radius 2 is 1.66 bits per heavy atom. The van der Waals surface area contributed by atoms with Gasteiger partial charge in [-0.3, -0.25) is 4.79 Å². The molecule has 0 amide bonds. The molecule has 4 rings (SSSR count). The lowest BCUT2D eigenvalue weighted by Gasteiger charge is -2.63. The van der Waals surface area contributed by atoms with Gasteiger partial charge in [0.1, 0.15) is 6.10 Å². The molecule has 2 N–H and O–H groups in total. The highest BCUT2D eigenvalue weighted by molar-refractivity contribution is 6.01. The van der Waals surface area contributed by atoms with E-state index >= 15 is 0 Å². The van der Waals surface area contributed by atoms with Crippen molar-refractivity contribution in [2.75, 3.05) is 6.61 Å². The van der Waals surface area contributed by atoms with Gasteiger partial charge >= 0.3 is 0 Å². The van der Waals surface area contributed by atoms with Gasteiger partial charge in [-0.2, -0.15) is 0 Å². The number of Topliss-reactive ketones (excluding diaryl/α,β-unsaturated/α-hetero) is 1. The Bertz CT molecular complexity index is 847. The van der Waals surface area contributed by atoms with E-state index in [1.165, 1.54) is 25.7 Å². The number of ketones is 1. The highest BCUT2D eigenvalue weighted by atomic mass is 16.5. The molecule has 0 heterocycles. The Morgan fingerprint density at radius 3 is 2.29 bits per heavy atom. The molecule has 35 heavy (non-hydrogen) atoms. The number of rotatable bonds is 7. The van der Waals surface area contributed by atoms with Crippen molar-refractivity contribution in [1.82, 2.24) is 0 Å². The zero-order valence-corrected chi connectivity index (χ0v) is 23.7. The Kier molecular flexibility index (Phi) is 6.98. The van der Waals surface area contributed by atoms with Crippen molar-refractivity contribution in [3.8, 4) is 0 Å². The predicted molar refractivity (Wildman–Crippen MR) is 141 cm³/mol. The second-order valence-electron chi connectivity index (χ2n) is 14.9. The molecule has 0 aliphatic heterocycles. The van der Waals surface area contributed by atoms with Gasteiger partial charge in [0.15, 0.2) is 5.78 Å². The summed E-state index contributed by atoms with van der Waals surface area (Å²) in [5, 5.41) is 20.4. The number of ether oxygens (including phenoxy) is 1. The quantitative estimate of drug-likeness (QED) is 0.430. The van der Waals surface area contributed by atoms with Crippen molar-refractivity contribution in [2.24, 2.45) is 39.9 Å². The number of hydrogen-bond donors (Lipinski definition) is 2. The van der Waals surface area contributed by atoms with Crippen LogP contribution >= 0.6 is 0 Å². The topological polar surface area (TPSA) is 66.8 Å². The van der Waals surface area contributed by atoms with Gasteiger partial charge in [0.05, 0.1) is 17.8 Å². The Hall–Kier alpha value is -0.710. The molecule has 4 aliphatic carbocycles. The van der Waals surface area contributed by atoms with Crippen LogP contribution in [0.3, 0.4) is 0 Å². The van der Waals surface area contributed by atoms with E-state index in [9.17, 15) is 15.0 Å². The summed E-state index contributed by atoms with van der Waals surface area (Å²) in [4.78, 5) is 13.6. The third kappa shape index (κ3) is 4.81. The maximum atomic E-state index is 13.6. The molecule has 0 aromatic carbocycles. The van der Waals surface area contributed by atoms with Crippen LogP contribution in [-0.4, -0.2) is 39.9 Å². The normalized spacial score (nSPS) is 42.7. The number of fused-ring (bicyclic) bond motifs is 5. The van der Waals surface area contributed by atoms with Crippen molar-refractivity contribution in [1.29, 1.82) is 0 Å². The number of carbonyl (C=O) groups excluding carboxylic acids is 1. The Balaban J connectivity index is 1.55. The van der Waals surface area contributed by atoms with Gasteiger partial charge in [-0.25, -0.2) is 0 Å². The van der Waals surface area contributed by atoms with Gasteiger partial charge < -0.3 is 14.9 Å². The van der Waals surface area contributed by atoms with Gasteiger partial charge in [-0.1, -0.05) is 33.8 Å². The van der Waals surface area contributed by atoms with E-state index in [2.05, 4.69) is 33.8 Å². The van der Waals surface area contributed by atoms with Crippen LogP contribution in [0, 0.1) is 39.9 Å². The first kappa shape index (κ1) is 27.3. The zero-order chi connectivity index (χ0) is 26.0. The fourth-order valence-corrected chi connectivity index (χ4v) is 9.41. The summed E-state index contributed by atoms with van der Waals surface area (Å²) >= 11 is 0. The summed E-state index contributed by atoms with van der Waals surface area (Å²) in [5.74, 6) is 2.75. The molecule has 3 fully saturated rings. The summed E-state index contributed by atoms with van der Waals surface area (Å²) in [5.41, 5.74) is 0.0313. The smallest absolute Gasteiger partial charge is 0.187 e. The van der Waals surface area contributed by atoms with E-state index < -0.39 is 17.3 Å². The predicted octanol–water partition coefficient (Wildman–Crippen LogP) is 6.48. The highest BCUT2D eigenvalue weighted by Crippen LogP contribution is 2.71. The standard InChI is InChI=1S/C31H52O4/c1-20(11-15-27(2,3)33)21-9-10-24-29(21,6)18-14-25-30(7)17-13-23(35-19-28(4,5)34)26(32)22(30)12-16-31(24,25)8/h12,20-21,23-25,33-34H,9-11,13-19H2,1-8H3/t20-,21-,23+,24-,25-,29-,30+,31+/m1/s1. The highest BCUT2D eigenvalue weighted by Gasteiger charge is 2.64. The second-order valence-corrected chi connectivity index (χ2v) is 14.9. The first-order valence-electron chi connectivity index (χ1n) is 14.3. The van der Waals surface area contributed by atoms with Crippen molar-refractivity contribution < 1.29 is 19.7 Å². The number of allylic oxidation sites excluding steroid dienone is 1. The van der Waals surface area contributed by atoms with Gasteiger partial charge in [0.25, 0.3) is 0 Å². The van der Waals surface area contributed by atoms with Crippen LogP contribution in [0.1, 0.15) is 113 Å². The van der Waals surface area contributed by atoms with Crippen molar-refractivity contribution in [2.45, 2.75) is 130 Å². The molecule has 3 saturated carbocycles. The van der Waals surface area contributed by atoms with E-state index in [0.717, 1.165) is 43.6 Å². The average molecular weight is 489 g/mol. The fourth-order valence-electron chi connectivity index (χ4n) is 9.41. The minimum absolute atomic E-state index is 0.0649. The molecule has 0 aromatic rings. The van der Waals surface area contributed by atoms with E-state index in [1.54, 1.807) is 13.8 Å². The summed E-state index contributed by atoms with van der Waals surface area (Å²) in [6, 6.07) is 0. The molecule has 200 valence electrons. The van der Waals surface area contributed by atoms with E-state index in [-0.39, 0.29) is 23.2 Å². The minimum Gasteiger partial charge on any atom is -0.390 e. The van der Waals surface area contributed by atoms with Crippen molar-refractivity contribution in [3.05, 3.63) is 11.6 Å². The molecular formula is C31H52O4. The zero-order valence-electron chi connectivity index (χ0n) is 23.7. The van der Waals surface area contributed by atoms with Crippen LogP contribution in [0.15, 0.2) is 11.6 Å². The van der Waals surface area contributed by atoms with Crippen molar-refractivity contribution >= 4 is 5.78 Å². The summed E-state index contributed by atoms with van der Waals surface area (Å²) < 4.78 is 5.93. The average Bonchev–Trinajstić information content (AvgIpc) is 3.08. The molecule has 8 atom stereocenters. The van der Waals surface area contributed by atoms with Crippen LogP contribution in [0.2, 0.25) is 0 Å². The molecule has 4 aliphatic rings. The fraction of sp³-hybridized carbons (Fsp3) is 0.903. The summed E-state index contributed by atoms with van der Waals surface area (Å²) in [7, 11) is 0. The summed E-state index contributed by atoms with van der Waals surface area (Å²) in [6.45, 7) is 17.4. The Morgan fingerprint density at radius 1 is 0.971 bits per heavy atom. The van der Waals surface area contributed by atoms with Gasteiger partial charge in [-0.05, 0) is 125 Å². The molecule has 0 radical (unpaired) electrons. The molecule has 0 spiro atoms. The SMILES string of the molecule is C[C@H](CCC(C)(C)O)[C@H]1CC[C@@H]2[C@]1(C)CC[C@H]1[C@@]2(C)CC=C2C(=O)[C@@H](OCC(C)(C)O)CC[C@@]21C.